The third-order valence-corrected chi connectivity index (χ3v) is 7.84. The lowest BCUT2D eigenvalue weighted by Crippen LogP contribution is -2.28. The van der Waals surface area contributed by atoms with Crippen molar-refractivity contribution in [3.8, 4) is 11.5 Å². The summed E-state index contributed by atoms with van der Waals surface area (Å²) < 4.78 is 13.8. The number of amides is 1. The third kappa shape index (κ3) is 6.67. The molecule has 1 aliphatic heterocycles. The lowest BCUT2D eigenvalue weighted by atomic mass is 10.1. The van der Waals surface area contributed by atoms with Gasteiger partial charge in [-0.15, -0.1) is 0 Å². The van der Waals surface area contributed by atoms with Crippen LogP contribution in [0.2, 0.25) is 0 Å². The number of rotatable bonds is 9. The van der Waals surface area contributed by atoms with E-state index in [9.17, 15) is 4.79 Å². The number of aliphatic imine (C=N–C) groups is 1. The standard InChI is InChI=1S/C29H28Br2N2O3S/c1-4-21-9-7-8-10-24(21)32-29-33(5-2)28(34)26(37-29)17-20-15-23(31)27(25(16-20)35-6-3)36-18-19-11-13-22(30)14-12-19/h7-17H,4-6,18H2,1-3H3/b26-17+,32-29?. The maximum atomic E-state index is 13.2. The van der Waals surface area contributed by atoms with Crippen LogP contribution in [0.15, 0.2) is 79.5 Å². The maximum Gasteiger partial charge on any atom is 0.266 e. The second-order valence-electron chi connectivity index (χ2n) is 8.21. The van der Waals surface area contributed by atoms with Crippen molar-refractivity contribution in [2.45, 2.75) is 33.8 Å². The molecule has 37 heavy (non-hydrogen) atoms. The Morgan fingerprint density at radius 1 is 1.00 bits per heavy atom. The Balaban J connectivity index is 1.62. The molecular formula is C29H28Br2N2O3S. The number of aryl methyl sites for hydroxylation is 1. The summed E-state index contributed by atoms with van der Waals surface area (Å²) >= 11 is 8.50. The van der Waals surface area contributed by atoms with Gasteiger partial charge in [-0.1, -0.05) is 53.2 Å². The van der Waals surface area contributed by atoms with Gasteiger partial charge in [-0.25, -0.2) is 4.99 Å². The zero-order chi connectivity index (χ0) is 26.4. The molecule has 0 atom stereocenters. The van der Waals surface area contributed by atoms with Crippen molar-refractivity contribution in [1.29, 1.82) is 0 Å². The van der Waals surface area contributed by atoms with Gasteiger partial charge in [0.1, 0.15) is 6.61 Å². The molecule has 0 radical (unpaired) electrons. The van der Waals surface area contributed by atoms with E-state index >= 15 is 0 Å². The summed E-state index contributed by atoms with van der Waals surface area (Å²) in [6.07, 6.45) is 2.76. The van der Waals surface area contributed by atoms with Crippen molar-refractivity contribution in [3.05, 3.63) is 91.2 Å². The van der Waals surface area contributed by atoms with E-state index in [2.05, 4.69) is 44.8 Å². The van der Waals surface area contributed by atoms with Gasteiger partial charge in [0.15, 0.2) is 16.7 Å². The molecule has 0 saturated carbocycles. The molecule has 1 amide bonds. The van der Waals surface area contributed by atoms with E-state index in [4.69, 9.17) is 14.5 Å². The van der Waals surface area contributed by atoms with Crippen molar-refractivity contribution < 1.29 is 14.3 Å². The van der Waals surface area contributed by atoms with E-state index in [1.54, 1.807) is 4.90 Å². The number of para-hydroxylation sites is 1. The number of ether oxygens (including phenoxy) is 2. The fourth-order valence-corrected chi connectivity index (χ4v) is 5.75. The second-order valence-corrected chi connectivity index (χ2v) is 11.0. The third-order valence-electron chi connectivity index (χ3n) is 5.72. The summed E-state index contributed by atoms with van der Waals surface area (Å²) in [7, 11) is 0. The first kappa shape index (κ1) is 27.5. The summed E-state index contributed by atoms with van der Waals surface area (Å²) in [6.45, 7) is 7.45. The average molecular weight is 644 g/mol. The molecule has 3 aromatic carbocycles. The number of benzene rings is 3. The minimum absolute atomic E-state index is 0.0510. The van der Waals surface area contributed by atoms with Crippen LogP contribution in [0.4, 0.5) is 5.69 Å². The summed E-state index contributed by atoms with van der Waals surface area (Å²) in [5, 5.41) is 0.693. The predicted octanol–water partition coefficient (Wildman–Crippen LogP) is 8.38. The van der Waals surface area contributed by atoms with Gasteiger partial charge in [-0.2, -0.15) is 0 Å². The summed E-state index contributed by atoms with van der Waals surface area (Å²) in [5.41, 5.74) is 3.94. The molecule has 1 fully saturated rings. The van der Waals surface area contributed by atoms with Crippen LogP contribution in [0.3, 0.4) is 0 Å². The Morgan fingerprint density at radius 3 is 2.46 bits per heavy atom. The van der Waals surface area contributed by atoms with Crippen molar-refractivity contribution in [2.75, 3.05) is 13.2 Å². The number of carbonyl (C=O) groups is 1. The van der Waals surface area contributed by atoms with Gasteiger partial charge in [0.05, 0.1) is 21.7 Å². The van der Waals surface area contributed by atoms with E-state index in [1.165, 1.54) is 11.8 Å². The first-order chi connectivity index (χ1) is 17.9. The number of nitrogens with zero attached hydrogens (tertiary/aromatic N) is 2. The highest BCUT2D eigenvalue weighted by Gasteiger charge is 2.32. The first-order valence-electron chi connectivity index (χ1n) is 12.1. The zero-order valence-electron chi connectivity index (χ0n) is 21.0. The van der Waals surface area contributed by atoms with Gasteiger partial charge in [0.25, 0.3) is 5.91 Å². The first-order valence-corrected chi connectivity index (χ1v) is 14.5. The van der Waals surface area contributed by atoms with Crippen LogP contribution in [0.25, 0.3) is 6.08 Å². The Bertz CT molecular complexity index is 1340. The van der Waals surface area contributed by atoms with E-state index in [0.29, 0.717) is 41.3 Å². The molecule has 0 aliphatic carbocycles. The number of carbonyl (C=O) groups excluding carboxylic acids is 1. The Morgan fingerprint density at radius 2 is 1.76 bits per heavy atom. The number of thioether (sulfide) groups is 1. The van der Waals surface area contributed by atoms with E-state index in [1.807, 2.05) is 74.5 Å². The number of halogens is 2. The maximum absolute atomic E-state index is 13.2. The topological polar surface area (TPSA) is 51.1 Å². The number of likely N-dealkylation sites (N-methyl/N-ethyl adjacent to an activating group) is 1. The SMILES string of the molecule is CCOc1cc(/C=C2/SC(=Nc3ccccc3CC)N(CC)C2=O)cc(Br)c1OCc1ccc(Br)cc1. The van der Waals surface area contributed by atoms with Crippen LogP contribution in [0.5, 0.6) is 11.5 Å². The molecule has 0 bridgehead atoms. The summed E-state index contributed by atoms with van der Waals surface area (Å²) in [6, 6.07) is 19.9. The Hall–Kier alpha value is -2.55. The van der Waals surface area contributed by atoms with Gasteiger partial charge >= 0.3 is 0 Å². The van der Waals surface area contributed by atoms with E-state index in [-0.39, 0.29) is 5.91 Å². The minimum Gasteiger partial charge on any atom is -0.490 e. The van der Waals surface area contributed by atoms with E-state index < -0.39 is 0 Å². The van der Waals surface area contributed by atoms with Gasteiger partial charge in [0.2, 0.25) is 0 Å². The van der Waals surface area contributed by atoms with Crippen molar-refractivity contribution in [2.24, 2.45) is 4.99 Å². The molecule has 0 unspecified atom stereocenters. The Kier molecular flexibility index (Phi) is 9.51. The molecule has 192 valence electrons. The van der Waals surface area contributed by atoms with Crippen molar-refractivity contribution in [3.63, 3.8) is 0 Å². The fourth-order valence-electron chi connectivity index (χ4n) is 3.85. The quantitative estimate of drug-likeness (QED) is 0.220. The number of amidine groups is 1. The van der Waals surface area contributed by atoms with Crippen molar-refractivity contribution >= 4 is 66.5 Å². The monoisotopic (exact) mass is 642 g/mol. The molecule has 1 saturated heterocycles. The number of hydrogen-bond acceptors (Lipinski definition) is 5. The molecule has 0 aromatic heterocycles. The van der Waals surface area contributed by atoms with Gasteiger partial charge in [0, 0.05) is 11.0 Å². The van der Waals surface area contributed by atoms with Crippen LogP contribution in [0.1, 0.15) is 37.5 Å². The molecule has 0 spiro atoms. The van der Waals surface area contributed by atoms with Crippen LogP contribution in [0, 0.1) is 0 Å². The average Bonchev–Trinajstić information content (AvgIpc) is 3.18. The second kappa shape index (κ2) is 12.8. The molecule has 3 aromatic rings. The normalized spacial score (nSPS) is 15.6. The van der Waals surface area contributed by atoms with Crippen LogP contribution in [-0.4, -0.2) is 29.1 Å². The smallest absolute Gasteiger partial charge is 0.266 e. The Labute approximate surface area is 239 Å². The van der Waals surface area contributed by atoms with Gasteiger partial charge < -0.3 is 9.47 Å². The van der Waals surface area contributed by atoms with Crippen LogP contribution >= 0.6 is 43.6 Å². The van der Waals surface area contributed by atoms with Crippen LogP contribution < -0.4 is 9.47 Å². The van der Waals surface area contributed by atoms with Crippen molar-refractivity contribution in [1.82, 2.24) is 4.90 Å². The molecular weight excluding hydrogens is 616 g/mol. The molecule has 0 N–H and O–H groups in total. The largest absolute Gasteiger partial charge is 0.490 e. The highest BCUT2D eigenvalue weighted by Crippen LogP contribution is 2.40. The highest BCUT2D eigenvalue weighted by atomic mass is 79.9. The molecule has 1 aliphatic rings. The summed E-state index contributed by atoms with van der Waals surface area (Å²) in [5.74, 6) is 1.20. The molecule has 5 nitrogen and oxygen atoms in total. The summed E-state index contributed by atoms with van der Waals surface area (Å²) in [4.78, 5) is 20.4. The minimum atomic E-state index is -0.0510. The van der Waals surface area contributed by atoms with Crippen LogP contribution in [-0.2, 0) is 17.8 Å². The predicted molar refractivity (Wildman–Crippen MR) is 160 cm³/mol. The number of hydrogen-bond donors (Lipinski definition) is 0. The zero-order valence-corrected chi connectivity index (χ0v) is 25.0. The van der Waals surface area contributed by atoms with Gasteiger partial charge in [-0.05, 0) is 101 Å². The highest BCUT2D eigenvalue weighted by molar-refractivity contribution is 9.10. The molecule has 4 rings (SSSR count). The lowest BCUT2D eigenvalue weighted by molar-refractivity contribution is -0.122. The molecule has 1 heterocycles. The van der Waals surface area contributed by atoms with E-state index in [0.717, 1.165) is 37.7 Å². The van der Waals surface area contributed by atoms with Gasteiger partial charge in [-0.3, -0.25) is 9.69 Å². The fraction of sp³-hybridized carbons (Fsp3) is 0.241. The molecule has 8 heteroatoms. The lowest BCUT2D eigenvalue weighted by Gasteiger charge is -2.15.